The maximum atomic E-state index is 12.0. The molecule has 1 aliphatic rings. The number of carbonyl (C=O) groups is 1. The Labute approximate surface area is 166 Å². The van der Waals surface area contributed by atoms with Gasteiger partial charge < -0.3 is 15.0 Å². The van der Waals surface area contributed by atoms with Crippen molar-refractivity contribution in [2.75, 3.05) is 18.1 Å². The number of carbonyl (C=O) groups excluding carboxylic acids is 1. The van der Waals surface area contributed by atoms with Gasteiger partial charge in [0, 0.05) is 38.2 Å². The van der Waals surface area contributed by atoms with E-state index >= 15 is 0 Å². The molecule has 2 aromatic rings. The largest absolute Gasteiger partial charge is 0.494 e. The van der Waals surface area contributed by atoms with Crippen LogP contribution in [-0.4, -0.2) is 19.1 Å². The number of hydrogen-bond acceptors (Lipinski definition) is 4. The monoisotopic (exact) mass is 377 g/mol. The van der Waals surface area contributed by atoms with Crippen molar-refractivity contribution in [2.24, 2.45) is 0 Å². The van der Waals surface area contributed by atoms with Gasteiger partial charge in [-0.1, -0.05) is 24.3 Å². The fourth-order valence-electron chi connectivity index (χ4n) is 3.31. The number of hydrogen-bond donors (Lipinski definition) is 1. The zero-order valence-corrected chi connectivity index (χ0v) is 16.2. The number of unbranched alkanes of at least 4 members (excludes halogenated alkanes) is 1. The van der Waals surface area contributed by atoms with Crippen molar-refractivity contribution in [1.29, 1.82) is 5.26 Å². The summed E-state index contributed by atoms with van der Waals surface area (Å²) < 4.78 is 5.68. The van der Waals surface area contributed by atoms with Crippen LogP contribution in [0.2, 0.25) is 0 Å². The van der Waals surface area contributed by atoms with Crippen molar-refractivity contribution >= 4 is 11.6 Å². The first-order chi connectivity index (χ1) is 13.8. The lowest BCUT2D eigenvalue weighted by molar-refractivity contribution is -0.119. The molecule has 1 amide bonds. The van der Waals surface area contributed by atoms with Crippen LogP contribution in [-0.2, 0) is 17.9 Å². The maximum absolute atomic E-state index is 12.0. The van der Waals surface area contributed by atoms with E-state index in [0.717, 1.165) is 55.9 Å². The van der Waals surface area contributed by atoms with Crippen LogP contribution in [0.25, 0.3) is 0 Å². The molecule has 28 heavy (non-hydrogen) atoms. The maximum Gasteiger partial charge on any atom is 0.226 e. The predicted octanol–water partition coefficient (Wildman–Crippen LogP) is 4.18. The second kappa shape index (κ2) is 10.5. The average molecular weight is 377 g/mol. The van der Waals surface area contributed by atoms with Crippen LogP contribution >= 0.6 is 0 Å². The van der Waals surface area contributed by atoms with Crippen LogP contribution in [0.3, 0.4) is 0 Å². The minimum absolute atomic E-state index is 0.229. The van der Waals surface area contributed by atoms with Gasteiger partial charge in [0.2, 0.25) is 5.91 Å². The van der Waals surface area contributed by atoms with E-state index in [2.05, 4.69) is 29.6 Å². The normalized spacial score (nSPS) is 14.0. The van der Waals surface area contributed by atoms with Crippen molar-refractivity contribution in [3.05, 3.63) is 59.7 Å². The molecule has 0 unspecified atom stereocenters. The van der Waals surface area contributed by atoms with Gasteiger partial charge in [-0.3, -0.25) is 4.79 Å². The SMILES string of the molecule is N#CCCCOc1cccc(CNCc2ccc(N3CCCCC3=O)cc2)c1. The van der Waals surface area contributed by atoms with Gasteiger partial charge in [0.1, 0.15) is 5.75 Å². The molecule has 0 bridgehead atoms. The minimum Gasteiger partial charge on any atom is -0.494 e. The molecule has 5 nitrogen and oxygen atoms in total. The smallest absolute Gasteiger partial charge is 0.226 e. The summed E-state index contributed by atoms with van der Waals surface area (Å²) in [5.41, 5.74) is 3.35. The molecule has 0 radical (unpaired) electrons. The Morgan fingerprint density at radius 3 is 2.68 bits per heavy atom. The Kier molecular flexibility index (Phi) is 7.45. The number of amides is 1. The molecule has 5 heteroatoms. The number of benzene rings is 2. The first-order valence-corrected chi connectivity index (χ1v) is 9.95. The molecular weight excluding hydrogens is 350 g/mol. The lowest BCUT2D eigenvalue weighted by Gasteiger charge is -2.26. The summed E-state index contributed by atoms with van der Waals surface area (Å²) in [4.78, 5) is 13.9. The third-order valence-corrected chi connectivity index (χ3v) is 4.83. The van der Waals surface area contributed by atoms with Gasteiger partial charge in [-0.2, -0.15) is 5.26 Å². The van der Waals surface area contributed by atoms with Crippen molar-refractivity contribution < 1.29 is 9.53 Å². The Bertz CT molecular complexity index is 811. The summed E-state index contributed by atoms with van der Waals surface area (Å²) in [6.45, 7) is 2.91. The van der Waals surface area contributed by atoms with Crippen LogP contribution in [0.15, 0.2) is 48.5 Å². The summed E-state index contributed by atoms with van der Waals surface area (Å²) in [6, 6.07) is 18.4. The summed E-state index contributed by atoms with van der Waals surface area (Å²) >= 11 is 0. The van der Waals surface area contributed by atoms with Gasteiger partial charge in [-0.15, -0.1) is 0 Å². The predicted molar refractivity (Wildman–Crippen MR) is 110 cm³/mol. The van der Waals surface area contributed by atoms with E-state index in [0.29, 0.717) is 19.4 Å². The molecule has 3 rings (SSSR count). The molecule has 1 N–H and O–H groups in total. The van der Waals surface area contributed by atoms with Gasteiger partial charge in [0.25, 0.3) is 0 Å². The highest BCUT2D eigenvalue weighted by molar-refractivity contribution is 5.93. The zero-order valence-electron chi connectivity index (χ0n) is 16.2. The van der Waals surface area contributed by atoms with Crippen LogP contribution in [0, 0.1) is 11.3 Å². The van der Waals surface area contributed by atoms with Crippen LogP contribution in [0.4, 0.5) is 5.69 Å². The molecule has 2 aromatic carbocycles. The molecule has 1 saturated heterocycles. The fraction of sp³-hybridized carbons (Fsp3) is 0.391. The summed E-state index contributed by atoms with van der Waals surface area (Å²) in [7, 11) is 0. The first-order valence-electron chi connectivity index (χ1n) is 9.95. The molecule has 0 atom stereocenters. The Hall–Kier alpha value is -2.84. The summed E-state index contributed by atoms with van der Waals surface area (Å²) in [5.74, 6) is 1.07. The molecule has 1 fully saturated rings. The molecule has 0 saturated carbocycles. The van der Waals surface area contributed by atoms with E-state index < -0.39 is 0 Å². The molecular formula is C23H27N3O2. The van der Waals surface area contributed by atoms with Gasteiger partial charge >= 0.3 is 0 Å². The molecule has 0 aliphatic carbocycles. The molecule has 1 aliphatic heterocycles. The number of nitriles is 1. The number of ether oxygens (including phenoxy) is 1. The van der Waals surface area contributed by atoms with Crippen LogP contribution in [0.5, 0.6) is 5.75 Å². The quantitative estimate of drug-likeness (QED) is 0.666. The zero-order chi connectivity index (χ0) is 19.6. The molecule has 0 aromatic heterocycles. The Morgan fingerprint density at radius 1 is 1.07 bits per heavy atom. The van der Waals surface area contributed by atoms with E-state index in [1.54, 1.807) is 0 Å². The van der Waals surface area contributed by atoms with Gasteiger partial charge in [-0.05, 0) is 54.7 Å². The van der Waals surface area contributed by atoms with Crippen molar-refractivity contribution in [3.8, 4) is 11.8 Å². The van der Waals surface area contributed by atoms with Crippen molar-refractivity contribution in [1.82, 2.24) is 5.32 Å². The second-order valence-electron chi connectivity index (χ2n) is 7.03. The van der Waals surface area contributed by atoms with Crippen molar-refractivity contribution in [3.63, 3.8) is 0 Å². The van der Waals surface area contributed by atoms with Gasteiger partial charge in [0.15, 0.2) is 0 Å². The summed E-state index contributed by atoms with van der Waals surface area (Å²) in [6.07, 6.45) is 4.01. The van der Waals surface area contributed by atoms with Gasteiger partial charge in [0.05, 0.1) is 12.7 Å². The lowest BCUT2D eigenvalue weighted by atomic mass is 10.1. The first kappa shape index (κ1) is 19.9. The van der Waals surface area contributed by atoms with E-state index in [4.69, 9.17) is 10.00 Å². The standard InChI is InChI=1S/C23H27N3O2/c24-13-2-4-15-28-22-7-5-6-20(16-22)18-25-17-19-9-11-21(12-10-19)26-14-3-1-8-23(26)27/h5-7,9-12,16,25H,1-4,8,14-15,17-18H2. The van der Waals surface area contributed by atoms with E-state index in [-0.39, 0.29) is 5.91 Å². The Balaban J connectivity index is 1.46. The highest BCUT2D eigenvalue weighted by atomic mass is 16.5. The van der Waals surface area contributed by atoms with Crippen LogP contribution < -0.4 is 15.0 Å². The van der Waals surface area contributed by atoms with Crippen LogP contribution in [0.1, 0.15) is 43.2 Å². The second-order valence-corrected chi connectivity index (χ2v) is 7.03. The fourth-order valence-corrected chi connectivity index (χ4v) is 3.31. The Morgan fingerprint density at radius 2 is 1.89 bits per heavy atom. The molecule has 1 heterocycles. The van der Waals surface area contributed by atoms with E-state index in [1.165, 1.54) is 5.56 Å². The molecule has 0 spiro atoms. The third-order valence-electron chi connectivity index (χ3n) is 4.83. The topological polar surface area (TPSA) is 65.4 Å². The van der Waals surface area contributed by atoms with Gasteiger partial charge in [-0.25, -0.2) is 0 Å². The lowest BCUT2D eigenvalue weighted by Crippen LogP contribution is -2.35. The van der Waals surface area contributed by atoms with E-state index in [1.807, 2.05) is 35.2 Å². The minimum atomic E-state index is 0.229. The number of anilines is 1. The average Bonchev–Trinajstić information content (AvgIpc) is 2.73. The number of piperidine rings is 1. The third kappa shape index (κ3) is 5.83. The number of nitrogens with one attached hydrogen (secondary N) is 1. The van der Waals surface area contributed by atoms with E-state index in [9.17, 15) is 4.79 Å². The number of rotatable bonds is 9. The highest BCUT2D eigenvalue weighted by Gasteiger charge is 2.19. The van der Waals surface area contributed by atoms with Crippen molar-refractivity contribution in [2.45, 2.75) is 45.2 Å². The molecule has 146 valence electrons. The number of nitrogens with zero attached hydrogens (tertiary/aromatic N) is 2. The summed E-state index contributed by atoms with van der Waals surface area (Å²) in [5, 5.41) is 12.0. The highest BCUT2D eigenvalue weighted by Crippen LogP contribution is 2.21.